The van der Waals surface area contributed by atoms with Gasteiger partial charge in [0.2, 0.25) is 11.8 Å². The van der Waals surface area contributed by atoms with Crippen LogP contribution in [0.25, 0.3) is 10.9 Å². The lowest BCUT2D eigenvalue weighted by molar-refractivity contribution is 0.467. The van der Waals surface area contributed by atoms with E-state index in [2.05, 4.69) is 16.0 Å². The summed E-state index contributed by atoms with van der Waals surface area (Å²) in [6.07, 6.45) is 0. The summed E-state index contributed by atoms with van der Waals surface area (Å²) in [7, 11) is 0. The molecule has 1 heterocycles. The molecular formula is C15H10N4O. The number of anilines is 1. The minimum absolute atomic E-state index is 0.133. The van der Waals surface area contributed by atoms with Crippen LogP contribution >= 0.6 is 0 Å². The summed E-state index contributed by atoms with van der Waals surface area (Å²) in [4.78, 5) is 8.25. The van der Waals surface area contributed by atoms with Crippen molar-refractivity contribution in [2.45, 2.75) is 0 Å². The molecule has 3 rings (SSSR count). The predicted molar refractivity (Wildman–Crippen MR) is 75.2 cm³/mol. The number of rotatable bonds is 2. The van der Waals surface area contributed by atoms with Gasteiger partial charge in [0.05, 0.1) is 16.5 Å². The first-order valence-electron chi connectivity index (χ1n) is 5.97. The zero-order valence-corrected chi connectivity index (χ0v) is 10.4. The summed E-state index contributed by atoms with van der Waals surface area (Å²) in [6.45, 7) is 0. The lowest BCUT2D eigenvalue weighted by Gasteiger charge is -2.09. The van der Waals surface area contributed by atoms with E-state index in [0.717, 1.165) is 5.39 Å². The Hall–Kier alpha value is -3.13. The average molecular weight is 262 g/mol. The first-order valence-corrected chi connectivity index (χ1v) is 5.97. The van der Waals surface area contributed by atoms with Crippen LogP contribution in [0, 0.1) is 11.3 Å². The van der Waals surface area contributed by atoms with E-state index in [-0.39, 0.29) is 5.95 Å². The number of nitrogen functional groups attached to an aromatic ring is 1. The highest BCUT2D eigenvalue weighted by Crippen LogP contribution is 2.29. The Balaban J connectivity index is 2.14. The molecule has 0 saturated carbocycles. The van der Waals surface area contributed by atoms with Gasteiger partial charge >= 0.3 is 0 Å². The molecular weight excluding hydrogens is 252 g/mol. The lowest BCUT2D eigenvalue weighted by Crippen LogP contribution is -1.99. The van der Waals surface area contributed by atoms with Crippen LogP contribution in [0.4, 0.5) is 5.95 Å². The Labute approximate surface area is 115 Å². The van der Waals surface area contributed by atoms with Crippen LogP contribution in [0.3, 0.4) is 0 Å². The normalized spacial score (nSPS) is 10.2. The van der Waals surface area contributed by atoms with Crippen molar-refractivity contribution < 1.29 is 4.74 Å². The number of nitrogens with two attached hydrogens (primary N) is 1. The van der Waals surface area contributed by atoms with Crippen LogP contribution in [0.15, 0.2) is 48.5 Å². The molecule has 5 nitrogen and oxygen atoms in total. The maximum Gasteiger partial charge on any atom is 0.232 e. The Morgan fingerprint density at radius 2 is 1.75 bits per heavy atom. The van der Waals surface area contributed by atoms with Crippen molar-refractivity contribution in [3.63, 3.8) is 0 Å². The smallest absolute Gasteiger partial charge is 0.232 e. The van der Waals surface area contributed by atoms with Crippen LogP contribution in [0.1, 0.15) is 5.56 Å². The molecule has 3 aromatic rings. The van der Waals surface area contributed by atoms with E-state index in [9.17, 15) is 0 Å². The quantitative estimate of drug-likeness (QED) is 0.767. The van der Waals surface area contributed by atoms with Crippen LogP contribution in [0.5, 0.6) is 11.6 Å². The van der Waals surface area contributed by atoms with Crippen molar-refractivity contribution in [2.24, 2.45) is 0 Å². The Bertz CT molecular complexity index is 823. The van der Waals surface area contributed by atoms with Crippen molar-refractivity contribution in [1.29, 1.82) is 5.26 Å². The number of benzene rings is 2. The number of para-hydroxylation sites is 2. The van der Waals surface area contributed by atoms with Crippen molar-refractivity contribution >= 4 is 16.9 Å². The minimum atomic E-state index is 0.133. The van der Waals surface area contributed by atoms with E-state index in [1.807, 2.05) is 24.3 Å². The van der Waals surface area contributed by atoms with Crippen LogP contribution in [0.2, 0.25) is 0 Å². The second-order valence-corrected chi connectivity index (χ2v) is 4.11. The monoisotopic (exact) mass is 262 g/mol. The van der Waals surface area contributed by atoms with Gasteiger partial charge in [-0.05, 0) is 24.3 Å². The van der Waals surface area contributed by atoms with Gasteiger partial charge in [-0.1, -0.05) is 24.3 Å². The average Bonchev–Trinajstić information content (AvgIpc) is 2.47. The summed E-state index contributed by atoms with van der Waals surface area (Å²) in [5.74, 6) is 0.919. The molecule has 0 unspecified atom stereocenters. The highest BCUT2D eigenvalue weighted by molar-refractivity contribution is 5.84. The first kappa shape index (κ1) is 11.9. The molecule has 20 heavy (non-hydrogen) atoms. The number of nitriles is 1. The highest BCUT2D eigenvalue weighted by Gasteiger charge is 2.10. The van der Waals surface area contributed by atoms with Gasteiger partial charge in [-0.2, -0.15) is 10.2 Å². The molecule has 2 aromatic carbocycles. The molecule has 0 aliphatic carbocycles. The molecule has 0 fully saturated rings. The van der Waals surface area contributed by atoms with Crippen molar-refractivity contribution in [2.75, 3.05) is 5.73 Å². The predicted octanol–water partition coefficient (Wildman–Crippen LogP) is 2.88. The molecule has 0 amide bonds. The number of hydrogen-bond donors (Lipinski definition) is 1. The molecule has 1 aromatic heterocycles. The van der Waals surface area contributed by atoms with Gasteiger partial charge in [0.15, 0.2) is 0 Å². The van der Waals surface area contributed by atoms with Crippen molar-refractivity contribution in [3.8, 4) is 17.7 Å². The third-order valence-electron chi connectivity index (χ3n) is 2.80. The van der Waals surface area contributed by atoms with E-state index < -0.39 is 0 Å². The summed E-state index contributed by atoms with van der Waals surface area (Å²) in [5.41, 5.74) is 6.82. The molecule has 5 heteroatoms. The van der Waals surface area contributed by atoms with E-state index in [0.29, 0.717) is 22.7 Å². The second-order valence-electron chi connectivity index (χ2n) is 4.11. The summed E-state index contributed by atoms with van der Waals surface area (Å²) in [6, 6.07) is 16.5. The van der Waals surface area contributed by atoms with E-state index in [1.165, 1.54) is 0 Å². The molecule has 2 N–H and O–H groups in total. The second kappa shape index (κ2) is 4.86. The molecule has 0 atom stereocenters. The largest absolute Gasteiger partial charge is 0.437 e. The highest BCUT2D eigenvalue weighted by atomic mass is 16.5. The fourth-order valence-corrected chi connectivity index (χ4v) is 1.89. The standard InChI is InChI=1S/C15H10N4O/c16-9-10-5-1-4-8-13(10)20-14-11-6-2-3-7-12(11)18-15(17)19-14/h1-8H,(H2,17,18,19). The molecule has 0 saturated heterocycles. The zero-order chi connectivity index (χ0) is 13.9. The molecule has 0 radical (unpaired) electrons. The van der Waals surface area contributed by atoms with E-state index in [4.69, 9.17) is 15.7 Å². The zero-order valence-electron chi connectivity index (χ0n) is 10.4. The first-order chi connectivity index (χ1) is 9.78. The van der Waals surface area contributed by atoms with Gasteiger partial charge in [0.1, 0.15) is 11.8 Å². The van der Waals surface area contributed by atoms with Crippen LogP contribution in [-0.2, 0) is 0 Å². The van der Waals surface area contributed by atoms with Gasteiger partial charge in [0, 0.05) is 0 Å². The van der Waals surface area contributed by atoms with Crippen molar-refractivity contribution in [1.82, 2.24) is 9.97 Å². The maximum atomic E-state index is 9.08. The molecule has 96 valence electrons. The number of fused-ring (bicyclic) bond motifs is 1. The van der Waals surface area contributed by atoms with Crippen LogP contribution < -0.4 is 10.5 Å². The minimum Gasteiger partial charge on any atom is -0.437 e. The molecule has 0 aliphatic heterocycles. The summed E-state index contributed by atoms with van der Waals surface area (Å²) >= 11 is 0. The third-order valence-corrected chi connectivity index (χ3v) is 2.80. The van der Waals surface area contributed by atoms with E-state index >= 15 is 0 Å². The number of hydrogen-bond acceptors (Lipinski definition) is 5. The Kier molecular flexibility index (Phi) is 2.90. The SMILES string of the molecule is N#Cc1ccccc1Oc1nc(N)nc2ccccc12. The molecule has 0 aliphatic rings. The summed E-state index contributed by atoms with van der Waals surface area (Å²) in [5, 5.41) is 9.82. The number of aromatic nitrogens is 2. The fraction of sp³-hybridized carbons (Fsp3) is 0. The maximum absolute atomic E-state index is 9.08. The van der Waals surface area contributed by atoms with Gasteiger partial charge in [0.25, 0.3) is 0 Å². The van der Waals surface area contributed by atoms with Crippen molar-refractivity contribution in [3.05, 3.63) is 54.1 Å². The van der Waals surface area contributed by atoms with Gasteiger partial charge in [-0.15, -0.1) is 0 Å². The Morgan fingerprint density at radius 3 is 2.60 bits per heavy atom. The number of ether oxygens (including phenoxy) is 1. The van der Waals surface area contributed by atoms with Gasteiger partial charge < -0.3 is 10.5 Å². The number of nitrogens with zero attached hydrogens (tertiary/aromatic N) is 3. The summed E-state index contributed by atoms with van der Waals surface area (Å²) < 4.78 is 5.74. The van der Waals surface area contributed by atoms with E-state index in [1.54, 1.807) is 24.3 Å². The topological polar surface area (TPSA) is 84.8 Å². The fourth-order valence-electron chi connectivity index (χ4n) is 1.89. The molecule has 0 bridgehead atoms. The molecule has 0 spiro atoms. The van der Waals surface area contributed by atoms with Gasteiger partial charge in [-0.3, -0.25) is 0 Å². The third kappa shape index (κ3) is 2.10. The Morgan fingerprint density at radius 1 is 1.00 bits per heavy atom. The van der Waals surface area contributed by atoms with Gasteiger partial charge in [-0.25, -0.2) is 4.98 Å². The lowest BCUT2D eigenvalue weighted by atomic mass is 10.2. The van der Waals surface area contributed by atoms with Crippen LogP contribution in [-0.4, -0.2) is 9.97 Å².